The van der Waals surface area contributed by atoms with Crippen LogP contribution in [0.4, 0.5) is 5.82 Å². The van der Waals surface area contributed by atoms with Gasteiger partial charge in [0.2, 0.25) is 0 Å². The lowest BCUT2D eigenvalue weighted by Gasteiger charge is -2.25. The summed E-state index contributed by atoms with van der Waals surface area (Å²) in [5.74, 6) is 1.07. The van der Waals surface area contributed by atoms with Crippen molar-refractivity contribution >= 4 is 5.82 Å². The lowest BCUT2D eigenvalue weighted by atomic mass is 10.2. The summed E-state index contributed by atoms with van der Waals surface area (Å²) in [4.78, 5) is 2.25. The molecule has 1 aromatic carbocycles. The lowest BCUT2D eigenvalue weighted by molar-refractivity contribution is 0.265. The molecule has 3 rings (SSSR count). The van der Waals surface area contributed by atoms with Gasteiger partial charge in [-0.05, 0) is 25.0 Å². The zero-order valence-corrected chi connectivity index (χ0v) is 10.2. The molecule has 4 nitrogen and oxygen atoms in total. The zero-order chi connectivity index (χ0) is 12.4. The van der Waals surface area contributed by atoms with E-state index in [1.807, 2.05) is 47.3 Å². The van der Waals surface area contributed by atoms with Gasteiger partial charge >= 0.3 is 0 Å². The third-order valence-corrected chi connectivity index (χ3v) is 3.51. The van der Waals surface area contributed by atoms with Crippen molar-refractivity contribution in [3.63, 3.8) is 0 Å². The van der Waals surface area contributed by atoms with E-state index in [0.717, 1.165) is 30.9 Å². The summed E-state index contributed by atoms with van der Waals surface area (Å²) in [6, 6.07) is 12.3. The fraction of sp³-hybridized carbons (Fsp3) is 0.357. The number of hydrogen-bond donors (Lipinski definition) is 1. The third-order valence-electron chi connectivity index (χ3n) is 3.51. The number of nitrogens with zero attached hydrogens (tertiary/aromatic N) is 3. The minimum absolute atomic E-state index is 0.208. The van der Waals surface area contributed by atoms with Gasteiger partial charge < -0.3 is 10.0 Å². The van der Waals surface area contributed by atoms with Crippen LogP contribution in [-0.4, -0.2) is 34.1 Å². The fourth-order valence-corrected chi connectivity index (χ4v) is 2.61. The predicted octanol–water partition coefficient (Wildman–Crippen LogP) is 1.83. The topological polar surface area (TPSA) is 41.3 Å². The second kappa shape index (κ2) is 4.82. The van der Waals surface area contributed by atoms with E-state index >= 15 is 0 Å². The third kappa shape index (κ3) is 1.88. The average Bonchev–Trinajstić information content (AvgIpc) is 3.07. The predicted molar refractivity (Wildman–Crippen MR) is 71.0 cm³/mol. The largest absolute Gasteiger partial charge is 0.394 e. The monoisotopic (exact) mass is 243 g/mol. The van der Waals surface area contributed by atoms with Gasteiger partial charge in [0.05, 0.1) is 24.5 Å². The van der Waals surface area contributed by atoms with Crippen LogP contribution in [0.1, 0.15) is 12.8 Å². The maximum atomic E-state index is 9.43. The van der Waals surface area contributed by atoms with Crippen LogP contribution in [0, 0.1) is 0 Å². The quantitative estimate of drug-likeness (QED) is 0.894. The molecule has 4 heteroatoms. The number of aliphatic hydroxyl groups is 1. The van der Waals surface area contributed by atoms with Gasteiger partial charge in [0.25, 0.3) is 0 Å². The second-order valence-electron chi connectivity index (χ2n) is 4.61. The SMILES string of the molecule is OCC1CCCN1c1ccnn1-c1ccccc1. The summed E-state index contributed by atoms with van der Waals surface area (Å²) >= 11 is 0. The molecule has 2 heterocycles. The van der Waals surface area contributed by atoms with Crippen molar-refractivity contribution in [3.8, 4) is 5.69 Å². The minimum Gasteiger partial charge on any atom is -0.394 e. The molecule has 1 aliphatic heterocycles. The van der Waals surface area contributed by atoms with Crippen LogP contribution in [0.5, 0.6) is 0 Å². The van der Waals surface area contributed by atoms with Crippen LogP contribution in [0.15, 0.2) is 42.6 Å². The molecule has 1 aliphatic rings. The molecular weight excluding hydrogens is 226 g/mol. The molecule has 0 saturated carbocycles. The second-order valence-corrected chi connectivity index (χ2v) is 4.61. The first kappa shape index (κ1) is 11.3. The van der Waals surface area contributed by atoms with Gasteiger partial charge in [-0.1, -0.05) is 18.2 Å². The van der Waals surface area contributed by atoms with Crippen molar-refractivity contribution in [2.45, 2.75) is 18.9 Å². The lowest BCUT2D eigenvalue weighted by Crippen LogP contribution is -2.33. The Kier molecular flexibility index (Phi) is 3.02. The average molecular weight is 243 g/mol. The van der Waals surface area contributed by atoms with E-state index in [9.17, 15) is 5.11 Å². The summed E-state index contributed by atoms with van der Waals surface area (Å²) < 4.78 is 1.94. The summed E-state index contributed by atoms with van der Waals surface area (Å²) in [6.07, 6.45) is 4.00. The first-order valence-electron chi connectivity index (χ1n) is 6.37. The van der Waals surface area contributed by atoms with E-state index in [4.69, 9.17) is 0 Å². The van der Waals surface area contributed by atoms with Crippen LogP contribution in [0.2, 0.25) is 0 Å². The molecule has 2 aromatic rings. The van der Waals surface area contributed by atoms with Crippen molar-refractivity contribution in [1.29, 1.82) is 0 Å². The van der Waals surface area contributed by atoms with Crippen molar-refractivity contribution < 1.29 is 5.11 Å². The number of benzene rings is 1. The highest BCUT2D eigenvalue weighted by atomic mass is 16.3. The maximum Gasteiger partial charge on any atom is 0.132 e. The number of aliphatic hydroxyl groups excluding tert-OH is 1. The molecule has 0 bridgehead atoms. The van der Waals surface area contributed by atoms with Gasteiger partial charge in [0.1, 0.15) is 5.82 Å². The minimum atomic E-state index is 0.208. The highest BCUT2D eigenvalue weighted by Gasteiger charge is 2.26. The van der Waals surface area contributed by atoms with E-state index in [1.165, 1.54) is 0 Å². The number of anilines is 1. The molecule has 0 amide bonds. The molecule has 1 N–H and O–H groups in total. The fourth-order valence-electron chi connectivity index (χ4n) is 2.61. The van der Waals surface area contributed by atoms with Gasteiger partial charge in [0, 0.05) is 12.6 Å². The van der Waals surface area contributed by atoms with Gasteiger partial charge in [-0.3, -0.25) is 0 Å². The molecule has 0 aliphatic carbocycles. The van der Waals surface area contributed by atoms with Gasteiger partial charge in [-0.2, -0.15) is 5.10 Å². The summed E-state index contributed by atoms with van der Waals surface area (Å²) in [7, 11) is 0. The molecule has 1 saturated heterocycles. The highest BCUT2D eigenvalue weighted by Crippen LogP contribution is 2.26. The molecule has 1 fully saturated rings. The van der Waals surface area contributed by atoms with Gasteiger partial charge in [-0.25, -0.2) is 4.68 Å². The Hall–Kier alpha value is -1.81. The molecular formula is C14H17N3O. The molecule has 94 valence electrons. The van der Waals surface area contributed by atoms with Gasteiger partial charge in [0.15, 0.2) is 0 Å². The first-order valence-corrected chi connectivity index (χ1v) is 6.37. The molecule has 1 atom stereocenters. The molecule has 1 aromatic heterocycles. The Labute approximate surface area is 106 Å². The van der Waals surface area contributed by atoms with E-state index in [-0.39, 0.29) is 12.6 Å². The Balaban J connectivity index is 1.97. The van der Waals surface area contributed by atoms with Crippen LogP contribution in [0.25, 0.3) is 5.69 Å². The Bertz CT molecular complexity index is 509. The molecule has 0 radical (unpaired) electrons. The Morgan fingerprint density at radius 3 is 2.83 bits per heavy atom. The molecule has 0 spiro atoms. The number of para-hydroxylation sites is 1. The standard InChI is InChI=1S/C14H17N3O/c18-11-13-7-4-10-16(13)14-8-9-15-17(14)12-5-2-1-3-6-12/h1-3,5-6,8-9,13,18H,4,7,10-11H2. The number of hydrogen-bond acceptors (Lipinski definition) is 3. The Morgan fingerprint density at radius 1 is 1.22 bits per heavy atom. The Morgan fingerprint density at radius 2 is 2.06 bits per heavy atom. The maximum absolute atomic E-state index is 9.43. The van der Waals surface area contributed by atoms with Crippen LogP contribution in [0.3, 0.4) is 0 Å². The smallest absolute Gasteiger partial charge is 0.132 e. The van der Waals surface area contributed by atoms with E-state index in [2.05, 4.69) is 10.00 Å². The summed E-state index contributed by atoms with van der Waals surface area (Å²) in [6.45, 7) is 1.20. The van der Waals surface area contributed by atoms with Crippen molar-refractivity contribution in [2.75, 3.05) is 18.1 Å². The van der Waals surface area contributed by atoms with Crippen molar-refractivity contribution in [2.24, 2.45) is 0 Å². The van der Waals surface area contributed by atoms with Crippen molar-refractivity contribution in [1.82, 2.24) is 9.78 Å². The zero-order valence-electron chi connectivity index (χ0n) is 10.2. The normalized spacial score (nSPS) is 19.4. The van der Waals surface area contributed by atoms with Crippen molar-refractivity contribution in [3.05, 3.63) is 42.6 Å². The highest BCUT2D eigenvalue weighted by molar-refractivity contribution is 5.48. The van der Waals surface area contributed by atoms with Gasteiger partial charge in [-0.15, -0.1) is 0 Å². The number of aromatic nitrogens is 2. The van der Waals surface area contributed by atoms with Crippen LogP contribution in [-0.2, 0) is 0 Å². The number of rotatable bonds is 3. The summed E-state index contributed by atoms with van der Waals surface area (Å²) in [5, 5.41) is 13.8. The van der Waals surface area contributed by atoms with Crippen LogP contribution < -0.4 is 4.90 Å². The van der Waals surface area contributed by atoms with E-state index < -0.39 is 0 Å². The molecule has 18 heavy (non-hydrogen) atoms. The molecule has 1 unspecified atom stereocenters. The van der Waals surface area contributed by atoms with E-state index in [0.29, 0.717) is 0 Å². The van der Waals surface area contributed by atoms with Crippen LogP contribution >= 0.6 is 0 Å². The van der Waals surface area contributed by atoms with E-state index in [1.54, 1.807) is 0 Å². The summed E-state index contributed by atoms with van der Waals surface area (Å²) in [5.41, 5.74) is 1.06. The first-order chi connectivity index (χ1) is 8.90.